The normalized spacial score (nSPS) is 14.2. The van der Waals surface area contributed by atoms with Gasteiger partial charge in [0.05, 0.1) is 5.56 Å². The number of nitrogens with zero attached hydrogens (tertiary/aromatic N) is 2. The number of benzene rings is 2. The van der Waals surface area contributed by atoms with Crippen molar-refractivity contribution in [2.24, 2.45) is 0 Å². The predicted molar refractivity (Wildman–Crippen MR) is 102 cm³/mol. The van der Waals surface area contributed by atoms with E-state index in [4.69, 9.17) is 16.3 Å². The SMILES string of the molecule is O=C1CCCN1CN(C(=O)COc1ccc(Cl)cc1)c1cccc(C(F)(F)F)c1. The summed E-state index contributed by atoms with van der Waals surface area (Å²) >= 11 is 5.81. The molecular weight excluding hydrogens is 409 g/mol. The van der Waals surface area contributed by atoms with Gasteiger partial charge in [0.2, 0.25) is 5.91 Å². The lowest BCUT2D eigenvalue weighted by Crippen LogP contribution is -2.44. The van der Waals surface area contributed by atoms with Gasteiger partial charge < -0.3 is 9.64 Å². The molecule has 5 nitrogen and oxygen atoms in total. The Balaban J connectivity index is 1.81. The van der Waals surface area contributed by atoms with E-state index >= 15 is 0 Å². The Labute approximate surface area is 170 Å². The number of anilines is 1. The van der Waals surface area contributed by atoms with Crippen LogP contribution < -0.4 is 9.64 Å². The Morgan fingerprint density at radius 3 is 2.52 bits per heavy atom. The number of carbonyl (C=O) groups excluding carboxylic acids is 2. The van der Waals surface area contributed by atoms with Crippen LogP contribution in [0.4, 0.5) is 18.9 Å². The summed E-state index contributed by atoms with van der Waals surface area (Å²) in [5, 5.41) is 0.502. The molecule has 1 aliphatic rings. The van der Waals surface area contributed by atoms with E-state index in [1.807, 2.05) is 0 Å². The molecule has 1 fully saturated rings. The van der Waals surface area contributed by atoms with E-state index in [-0.39, 0.29) is 18.3 Å². The van der Waals surface area contributed by atoms with Crippen molar-refractivity contribution >= 4 is 29.1 Å². The molecule has 1 aliphatic heterocycles. The van der Waals surface area contributed by atoms with E-state index in [1.165, 1.54) is 17.0 Å². The Kier molecular flexibility index (Phi) is 6.32. The second-order valence-electron chi connectivity index (χ2n) is 6.51. The first kappa shape index (κ1) is 21.0. The van der Waals surface area contributed by atoms with Crippen molar-refractivity contribution in [3.8, 4) is 5.75 Å². The molecular formula is C20H18ClF3N2O3. The zero-order valence-corrected chi connectivity index (χ0v) is 16.0. The number of alkyl halides is 3. The molecule has 0 bridgehead atoms. The number of amides is 2. The zero-order valence-electron chi connectivity index (χ0n) is 15.3. The standard InChI is InChI=1S/C20H18ClF3N2O3/c21-15-6-8-17(9-7-15)29-12-19(28)26(13-25-10-2-5-18(25)27)16-4-1-3-14(11-16)20(22,23)24/h1,3-4,6-9,11H,2,5,10,12-13H2. The summed E-state index contributed by atoms with van der Waals surface area (Å²) in [5.41, 5.74) is -0.830. The van der Waals surface area contributed by atoms with Crippen LogP contribution in [0.5, 0.6) is 5.75 Å². The number of carbonyl (C=O) groups is 2. The highest BCUT2D eigenvalue weighted by molar-refractivity contribution is 6.30. The van der Waals surface area contributed by atoms with Crippen molar-refractivity contribution in [1.82, 2.24) is 4.90 Å². The average Bonchev–Trinajstić information content (AvgIpc) is 3.09. The van der Waals surface area contributed by atoms with Crippen molar-refractivity contribution in [1.29, 1.82) is 0 Å². The molecule has 0 saturated carbocycles. The summed E-state index contributed by atoms with van der Waals surface area (Å²) in [4.78, 5) is 27.3. The van der Waals surface area contributed by atoms with Crippen LogP contribution in [0.1, 0.15) is 18.4 Å². The van der Waals surface area contributed by atoms with Crippen molar-refractivity contribution in [2.75, 3.05) is 24.7 Å². The molecule has 0 aromatic heterocycles. The van der Waals surface area contributed by atoms with Gasteiger partial charge in [0.15, 0.2) is 6.61 Å². The molecule has 1 heterocycles. The summed E-state index contributed by atoms with van der Waals surface area (Å²) in [6.45, 7) is -0.0948. The van der Waals surface area contributed by atoms with Crippen LogP contribution in [0, 0.1) is 0 Å². The highest BCUT2D eigenvalue weighted by atomic mass is 35.5. The van der Waals surface area contributed by atoms with E-state index in [2.05, 4.69) is 0 Å². The first-order valence-corrected chi connectivity index (χ1v) is 9.25. The lowest BCUT2D eigenvalue weighted by Gasteiger charge is -2.28. The van der Waals surface area contributed by atoms with E-state index in [0.717, 1.165) is 17.0 Å². The quantitative estimate of drug-likeness (QED) is 0.690. The largest absolute Gasteiger partial charge is 0.484 e. The van der Waals surface area contributed by atoms with Crippen LogP contribution in [0.3, 0.4) is 0 Å². The van der Waals surface area contributed by atoms with Crippen molar-refractivity contribution < 1.29 is 27.5 Å². The molecule has 29 heavy (non-hydrogen) atoms. The molecule has 9 heteroatoms. The molecule has 1 saturated heterocycles. The Morgan fingerprint density at radius 1 is 1.17 bits per heavy atom. The topological polar surface area (TPSA) is 49.9 Å². The van der Waals surface area contributed by atoms with Crippen LogP contribution in [0.25, 0.3) is 0 Å². The number of ether oxygens (including phenoxy) is 1. The van der Waals surface area contributed by atoms with Crippen LogP contribution in [0.15, 0.2) is 48.5 Å². The Bertz CT molecular complexity index is 887. The van der Waals surface area contributed by atoms with Gasteiger partial charge in [-0.25, -0.2) is 0 Å². The summed E-state index contributed by atoms with van der Waals surface area (Å²) in [6.07, 6.45) is -3.55. The van der Waals surface area contributed by atoms with Crippen molar-refractivity contribution in [3.63, 3.8) is 0 Å². The first-order chi connectivity index (χ1) is 13.7. The molecule has 0 N–H and O–H groups in total. The molecule has 0 aliphatic carbocycles. The smallest absolute Gasteiger partial charge is 0.416 e. The van der Waals surface area contributed by atoms with E-state index in [9.17, 15) is 22.8 Å². The first-order valence-electron chi connectivity index (χ1n) is 8.88. The lowest BCUT2D eigenvalue weighted by molar-refractivity contribution is -0.137. The van der Waals surface area contributed by atoms with Crippen molar-refractivity contribution in [3.05, 3.63) is 59.1 Å². The Morgan fingerprint density at radius 2 is 1.90 bits per heavy atom. The third-order valence-corrected chi connectivity index (χ3v) is 4.70. The molecule has 0 unspecified atom stereocenters. The maximum Gasteiger partial charge on any atom is 0.416 e. The van der Waals surface area contributed by atoms with Gasteiger partial charge in [-0.1, -0.05) is 17.7 Å². The van der Waals surface area contributed by atoms with Gasteiger partial charge in [-0.05, 0) is 48.9 Å². The van der Waals surface area contributed by atoms with Gasteiger partial charge in [0, 0.05) is 23.7 Å². The lowest BCUT2D eigenvalue weighted by atomic mass is 10.2. The highest BCUT2D eigenvalue weighted by Gasteiger charge is 2.32. The zero-order chi connectivity index (χ0) is 21.0. The third-order valence-electron chi connectivity index (χ3n) is 4.45. The van der Waals surface area contributed by atoms with Crippen LogP contribution >= 0.6 is 11.6 Å². The van der Waals surface area contributed by atoms with Gasteiger partial charge in [-0.15, -0.1) is 0 Å². The maximum absolute atomic E-state index is 13.1. The average molecular weight is 427 g/mol. The second kappa shape index (κ2) is 8.73. The Hall–Kier alpha value is -2.74. The minimum Gasteiger partial charge on any atom is -0.484 e. The maximum atomic E-state index is 13.1. The fourth-order valence-corrected chi connectivity index (χ4v) is 3.06. The minimum absolute atomic E-state index is 0.0456. The summed E-state index contributed by atoms with van der Waals surface area (Å²) < 4.78 is 44.7. The molecule has 0 spiro atoms. The van der Waals surface area contributed by atoms with Gasteiger partial charge in [-0.3, -0.25) is 14.5 Å². The molecule has 0 atom stereocenters. The summed E-state index contributed by atoms with van der Waals surface area (Å²) in [5.74, 6) is -0.323. The molecule has 2 aromatic rings. The summed E-state index contributed by atoms with van der Waals surface area (Å²) in [7, 11) is 0. The van der Waals surface area contributed by atoms with Gasteiger partial charge in [-0.2, -0.15) is 13.2 Å². The van der Waals surface area contributed by atoms with E-state index < -0.39 is 24.3 Å². The van der Waals surface area contributed by atoms with Gasteiger partial charge in [0.1, 0.15) is 12.4 Å². The fourth-order valence-electron chi connectivity index (χ4n) is 2.93. The number of hydrogen-bond acceptors (Lipinski definition) is 3. The molecule has 0 radical (unpaired) electrons. The van der Waals surface area contributed by atoms with E-state index in [0.29, 0.717) is 30.2 Å². The predicted octanol–water partition coefficient (Wildman–Crippen LogP) is 4.35. The van der Waals surface area contributed by atoms with Crippen LogP contribution in [-0.2, 0) is 15.8 Å². The van der Waals surface area contributed by atoms with E-state index in [1.54, 1.807) is 24.3 Å². The monoisotopic (exact) mass is 426 g/mol. The molecule has 2 amide bonds. The number of rotatable bonds is 6. The van der Waals surface area contributed by atoms with Crippen LogP contribution in [0.2, 0.25) is 5.02 Å². The number of halogens is 4. The minimum atomic E-state index is -4.55. The number of hydrogen-bond donors (Lipinski definition) is 0. The molecule has 154 valence electrons. The number of likely N-dealkylation sites (tertiary alicyclic amines) is 1. The van der Waals surface area contributed by atoms with Crippen LogP contribution in [-0.4, -0.2) is 36.5 Å². The summed E-state index contributed by atoms with van der Waals surface area (Å²) in [6, 6.07) is 10.8. The fraction of sp³-hybridized carbons (Fsp3) is 0.300. The van der Waals surface area contributed by atoms with Gasteiger partial charge in [0.25, 0.3) is 5.91 Å². The third kappa shape index (κ3) is 5.41. The van der Waals surface area contributed by atoms with Gasteiger partial charge >= 0.3 is 6.18 Å². The molecule has 2 aromatic carbocycles. The van der Waals surface area contributed by atoms with Crippen molar-refractivity contribution in [2.45, 2.75) is 19.0 Å². The second-order valence-corrected chi connectivity index (χ2v) is 6.95. The molecule has 3 rings (SSSR count). The highest BCUT2D eigenvalue weighted by Crippen LogP contribution is 2.32.